The van der Waals surface area contributed by atoms with Gasteiger partial charge >= 0.3 is 0 Å². The van der Waals surface area contributed by atoms with E-state index in [1.54, 1.807) is 13.3 Å². The fourth-order valence-corrected chi connectivity index (χ4v) is 2.06. The van der Waals surface area contributed by atoms with E-state index < -0.39 is 0 Å². The van der Waals surface area contributed by atoms with Gasteiger partial charge in [-0.2, -0.15) is 0 Å². The smallest absolute Gasteiger partial charge is 0.123 e. The van der Waals surface area contributed by atoms with Gasteiger partial charge in [-0.05, 0) is 37.6 Å². The molecular weight excluding hydrogens is 214 g/mol. The van der Waals surface area contributed by atoms with Gasteiger partial charge in [0.25, 0.3) is 0 Å². The molecule has 0 fully saturated rings. The van der Waals surface area contributed by atoms with Crippen LogP contribution in [-0.2, 0) is 11.2 Å². The van der Waals surface area contributed by atoms with Gasteiger partial charge in [-0.15, -0.1) is 0 Å². The van der Waals surface area contributed by atoms with Crippen molar-refractivity contribution < 1.29 is 4.74 Å². The van der Waals surface area contributed by atoms with E-state index in [0.717, 1.165) is 19.3 Å². The second-order valence-corrected chi connectivity index (χ2v) is 4.25. The summed E-state index contributed by atoms with van der Waals surface area (Å²) in [5, 5.41) is 3.32. The zero-order valence-corrected chi connectivity index (χ0v) is 10.9. The first-order valence-electron chi connectivity index (χ1n) is 6.11. The summed E-state index contributed by atoms with van der Waals surface area (Å²) in [6.07, 6.45) is 5.07. The van der Waals surface area contributed by atoms with Gasteiger partial charge in [0.05, 0.1) is 6.10 Å². The number of ether oxygens (including phenoxy) is 1. The van der Waals surface area contributed by atoms with Gasteiger partial charge in [-0.3, -0.25) is 0 Å². The molecule has 1 aromatic heterocycles. The third-order valence-electron chi connectivity index (χ3n) is 3.00. The van der Waals surface area contributed by atoms with Gasteiger partial charge in [0.2, 0.25) is 0 Å². The van der Waals surface area contributed by atoms with Crippen LogP contribution in [0.2, 0.25) is 0 Å². The number of hydrogen-bond donors (Lipinski definition) is 2. The number of pyridine rings is 1. The molecule has 96 valence electrons. The van der Waals surface area contributed by atoms with Crippen molar-refractivity contribution in [2.45, 2.75) is 38.3 Å². The van der Waals surface area contributed by atoms with Crippen LogP contribution in [0.15, 0.2) is 18.3 Å². The molecule has 0 aliphatic carbocycles. The van der Waals surface area contributed by atoms with Crippen molar-refractivity contribution in [1.82, 2.24) is 10.3 Å². The lowest BCUT2D eigenvalue weighted by atomic mass is 9.99. The molecule has 3 N–H and O–H groups in total. The van der Waals surface area contributed by atoms with Gasteiger partial charge in [0.1, 0.15) is 5.82 Å². The van der Waals surface area contributed by atoms with Crippen LogP contribution in [0.3, 0.4) is 0 Å². The lowest BCUT2D eigenvalue weighted by Gasteiger charge is -2.25. The van der Waals surface area contributed by atoms with Gasteiger partial charge < -0.3 is 15.8 Å². The van der Waals surface area contributed by atoms with Gasteiger partial charge in [-0.1, -0.05) is 13.3 Å². The van der Waals surface area contributed by atoms with Crippen molar-refractivity contribution in [2.24, 2.45) is 0 Å². The second kappa shape index (κ2) is 7.25. The first-order chi connectivity index (χ1) is 8.21. The lowest BCUT2D eigenvalue weighted by molar-refractivity contribution is 0.0633. The number of nitrogens with zero attached hydrogens (tertiary/aromatic N) is 1. The molecule has 2 atom stereocenters. The maximum Gasteiger partial charge on any atom is 0.123 e. The van der Waals surface area contributed by atoms with Crippen LogP contribution in [0.4, 0.5) is 5.82 Å². The van der Waals surface area contributed by atoms with Crippen LogP contribution in [-0.4, -0.2) is 31.3 Å². The summed E-state index contributed by atoms with van der Waals surface area (Å²) in [5.41, 5.74) is 6.87. The van der Waals surface area contributed by atoms with Crippen LogP contribution >= 0.6 is 0 Å². The zero-order valence-electron chi connectivity index (χ0n) is 10.9. The molecule has 0 aliphatic heterocycles. The lowest BCUT2D eigenvalue weighted by Crippen LogP contribution is -2.40. The fraction of sp³-hybridized carbons (Fsp3) is 0.615. The molecular formula is C13H23N3O. The molecule has 1 aromatic rings. The largest absolute Gasteiger partial charge is 0.384 e. The minimum atomic E-state index is 0.236. The van der Waals surface area contributed by atoms with Gasteiger partial charge in [0.15, 0.2) is 0 Å². The highest BCUT2D eigenvalue weighted by atomic mass is 16.5. The van der Waals surface area contributed by atoms with E-state index in [4.69, 9.17) is 10.5 Å². The Hall–Kier alpha value is -1.13. The van der Waals surface area contributed by atoms with Crippen molar-refractivity contribution in [3.8, 4) is 0 Å². The Bertz CT molecular complexity index is 330. The van der Waals surface area contributed by atoms with E-state index in [2.05, 4.69) is 17.2 Å². The van der Waals surface area contributed by atoms with Crippen molar-refractivity contribution in [3.63, 3.8) is 0 Å². The van der Waals surface area contributed by atoms with Crippen molar-refractivity contribution in [3.05, 3.63) is 23.9 Å². The maximum atomic E-state index is 5.68. The first-order valence-corrected chi connectivity index (χ1v) is 6.11. The molecule has 4 heteroatoms. The third-order valence-corrected chi connectivity index (χ3v) is 3.00. The molecule has 17 heavy (non-hydrogen) atoms. The monoisotopic (exact) mass is 237 g/mol. The average Bonchev–Trinajstić information content (AvgIpc) is 2.33. The molecule has 0 saturated carbocycles. The highest BCUT2D eigenvalue weighted by Crippen LogP contribution is 2.13. The molecule has 2 unspecified atom stereocenters. The number of anilines is 1. The van der Waals surface area contributed by atoms with Gasteiger partial charge in [0, 0.05) is 19.3 Å². The van der Waals surface area contributed by atoms with Crippen LogP contribution in [0.25, 0.3) is 0 Å². The molecule has 4 nitrogen and oxygen atoms in total. The third kappa shape index (κ3) is 4.32. The topological polar surface area (TPSA) is 60.2 Å². The van der Waals surface area contributed by atoms with Crippen LogP contribution in [0.1, 0.15) is 25.3 Å². The predicted octanol–water partition coefficient (Wildman–Crippen LogP) is 1.61. The number of aromatic nitrogens is 1. The van der Waals surface area contributed by atoms with E-state index in [0.29, 0.717) is 11.9 Å². The molecule has 0 aromatic carbocycles. The summed E-state index contributed by atoms with van der Waals surface area (Å²) in [5.74, 6) is 0.571. The van der Waals surface area contributed by atoms with Crippen molar-refractivity contribution in [2.75, 3.05) is 19.9 Å². The van der Waals surface area contributed by atoms with E-state index in [9.17, 15) is 0 Å². The SMILES string of the molecule is CCCC(OC)C(Cc1ccnc(N)c1)NC. The Morgan fingerprint density at radius 2 is 2.29 bits per heavy atom. The summed E-state index contributed by atoms with van der Waals surface area (Å²) in [7, 11) is 3.74. The molecule has 0 bridgehead atoms. The Morgan fingerprint density at radius 1 is 1.53 bits per heavy atom. The Labute approximate surface area is 104 Å². The minimum absolute atomic E-state index is 0.236. The molecule has 0 radical (unpaired) electrons. The Kier molecular flexibility index (Phi) is 5.94. The number of hydrogen-bond acceptors (Lipinski definition) is 4. The summed E-state index contributed by atoms with van der Waals surface area (Å²) in [4.78, 5) is 4.00. The van der Waals surface area contributed by atoms with Crippen molar-refractivity contribution >= 4 is 5.82 Å². The molecule has 0 spiro atoms. The van der Waals surface area contributed by atoms with Crippen LogP contribution < -0.4 is 11.1 Å². The summed E-state index contributed by atoms with van der Waals surface area (Å²) < 4.78 is 5.54. The Morgan fingerprint density at radius 3 is 2.82 bits per heavy atom. The minimum Gasteiger partial charge on any atom is -0.384 e. The summed E-state index contributed by atoms with van der Waals surface area (Å²) in [6, 6.07) is 4.23. The second-order valence-electron chi connectivity index (χ2n) is 4.25. The average molecular weight is 237 g/mol. The number of rotatable bonds is 7. The van der Waals surface area contributed by atoms with Crippen molar-refractivity contribution in [1.29, 1.82) is 0 Å². The molecule has 1 rings (SSSR count). The van der Waals surface area contributed by atoms with Crippen LogP contribution in [0.5, 0.6) is 0 Å². The summed E-state index contributed by atoms with van der Waals surface area (Å²) in [6.45, 7) is 2.17. The highest BCUT2D eigenvalue weighted by molar-refractivity contribution is 5.32. The van der Waals surface area contributed by atoms with E-state index in [-0.39, 0.29) is 6.10 Å². The number of methoxy groups -OCH3 is 1. The van der Waals surface area contributed by atoms with E-state index >= 15 is 0 Å². The number of nitrogens with one attached hydrogen (secondary N) is 1. The quantitative estimate of drug-likeness (QED) is 0.756. The number of nitrogen functional groups attached to an aromatic ring is 1. The van der Waals surface area contributed by atoms with E-state index in [1.807, 2.05) is 19.2 Å². The highest BCUT2D eigenvalue weighted by Gasteiger charge is 2.19. The Balaban J connectivity index is 2.68. The number of nitrogens with two attached hydrogens (primary N) is 1. The summed E-state index contributed by atoms with van der Waals surface area (Å²) >= 11 is 0. The number of likely N-dealkylation sites (N-methyl/N-ethyl adjacent to an activating group) is 1. The standard InChI is InChI=1S/C13H23N3O/c1-4-5-12(17-3)11(15-2)8-10-6-7-16-13(14)9-10/h6-7,9,11-12,15H,4-5,8H2,1-3H3,(H2,14,16). The van der Waals surface area contributed by atoms with Crippen LogP contribution in [0, 0.1) is 0 Å². The molecule has 0 aliphatic rings. The predicted molar refractivity (Wildman–Crippen MR) is 70.9 cm³/mol. The molecule has 1 heterocycles. The normalized spacial score (nSPS) is 14.5. The van der Waals surface area contributed by atoms with Gasteiger partial charge in [-0.25, -0.2) is 4.98 Å². The molecule has 0 saturated heterocycles. The van der Waals surface area contributed by atoms with E-state index in [1.165, 1.54) is 5.56 Å². The first kappa shape index (κ1) is 13.9. The fourth-order valence-electron chi connectivity index (χ4n) is 2.06. The zero-order chi connectivity index (χ0) is 12.7. The maximum absolute atomic E-state index is 5.68. The molecule has 0 amide bonds.